The molecule has 0 aromatic rings. The molecular formula is C13H28N4O2S. The van der Waals surface area contributed by atoms with Gasteiger partial charge in [0.1, 0.15) is 0 Å². The van der Waals surface area contributed by atoms with Gasteiger partial charge in [0, 0.05) is 39.3 Å². The molecule has 2 N–H and O–H groups in total. The van der Waals surface area contributed by atoms with Crippen molar-refractivity contribution in [2.45, 2.75) is 31.7 Å². The van der Waals surface area contributed by atoms with E-state index in [4.69, 9.17) is 5.73 Å². The quantitative estimate of drug-likeness (QED) is 0.772. The van der Waals surface area contributed by atoms with Crippen molar-refractivity contribution in [1.82, 2.24) is 13.5 Å². The Morgan fingerprint density at radius 3 is 2.60 bits per heavy atom. The molecule has 6 nitrogen and oxygen atoms in total. The number of nitrogens with zero attached hydrogens (tertiary/aromatic N) is 3. The summed E-state index contributed by atoms with van der Waals surface area (Å²) in [6.45, 7) is 3.69. The average Bonchev–Trinajstić information content (AvgIpc) is 2.84. The van der Waals surface area contributed by atoms with Gasteiger partial charge in [0.2, 0.25) is 0 Å². The normalized spacial score (nSPS) is 30.2. The van der Waals surface area contributed by atoms with Crippen LogP contribution >= 0.6 is 0 Å². The van der Waals surface area contributed by atoms with Crippen molar-refractivity contribution in [3.63, 3.8) is 0 Å². The highest BCUT2D eigenvalue weighted by molar-refractivity contribution is 7.86. The summed E-state index contributed by atoms with van der Waals surface area (Å²) < 4.78 is 28.6. The lowest BCUT2D eigenvalue weighted by atomic mass is 10.1. The molecule has 0 aliphatic carbocycles. The fraction of sp³-hybridized carbons (Fsp3) is 1.00. The molecule has 0 bridgehead atoms. The Kier molecular flexibility index (Phi) is 5.42. The monoisotopic (exact) mass is 304 g/mol. The smallest absolute Gasteiger partial charge is 0.282 e. The fourth-order valence-corrected chi connectivity index (χ4v) is 5.01. The minimum absolute atomic E-state index is 0.0255. The van der Waals surface area contributed by atoms with E-state index in [1.165, 1.54) is 4.31 Å². The summed E-state index contributed by atoms with van der Waals surface area (Å²) in [7, 11) is 0.431. The summed E-state index contributed by atoms with van der Waals surface area (Å²) in [4.78, 5) is 2.26. The molecule has 2 aliphatic rings. The maximum absolute atomic E-state index is 12.7. The Labute approximate surface area is 123 Å². The minimum Gasteiger partial charge on any atom is -0.329 e. The van der Waals surface area contributed by atoms with Crippen molar-refractivity contribution >= 4 is 10.2 Å². The molecule has 2 aliphatic heterocycles. The van der Waals surface area contributed by atoms with Gasteiger partial charge in [-0.1, -0.05) is 6.42 Å². The highest BCUT2D eigenvalue weighted by Gasteiger charge is 2.35. The second-order valence-corrected chi connectivity index (χ2v) is 8.19. The molecule has 2 fully saturated rings. The zero-order valence-corrected chi connectivity index (χ0v) is 13.5. The lowest BCUT2D eigenvalue weighted by molar-refractivity contribution is 0.235. The molecule has 2 rings (SSSR count). The molecule has 0 radical (unpaired) electrons. The fourth-order valence-electron chi connectivity index (χ4n) is 3.33. The topological polar surface area (TPSA) is 69.9 Å². The highest BCUT2D eigenvalue weighted by atomic mass is 32.2. The van der Waals surface area contributed by atoms with Gasteiger partial charge in [0.05, 0.1) is 0 Å². The first-order valence-electron chi connectivity index (χ1n) is 7.57. The van der Waals surface area contributed by atoms with Crippen LogP contribution in [0.2, 0.25) is 0 Å². The standard InChI is InChI=1S/C13H28N4O2S/c1-15-8-6-12(10-15)11-16(2)20(18,19)17-7-4-3-5-13(17)9-14/h12-13H,3-11,14H2,1-2H3. The van der Waals surface area contributed by atoms with Crippen LogP contribution in [0, 0.1) is 5.92 Å². The van der Waals surface area contributed by atoms with Crippen LogP contribution < -0.4 is 5.73 Å². The summed E-state index contributed by atoms with van der Waals surface area (Å²) in [6.07, 6.45) is 3.98. The van der Waals surface area contributed by atoms with Gasteiger partial charge in [-0.2, -0.15) is 17.0 Å². The maximum atomic E-state index is 12.7. The number of piperidine rings is 1. The highest BCUT2D eigenvalue weighted by Crippen LogP contribution is 2.23. The lowest BCUT2D eigenvalue weighted by Crippen LogP contribution is -2.52. The Bertz CT molecular complexity index is 415. The molecule has 2 unspecified atom stereocenters. The van der Waals surface area contributed by atoms with Crippen LogP contribution in [-0.2, 0) is 10.2 Å². The van der Waals surface area contributed by atoms with Gasteiger partial charge in [-0.3, -0.25) is 0 Å². The Morgan fingerprint density at radius 2 is 2.00 bits per heavy atom. The van der Waals surface area contributed by atoms with Crippen molar-refractivity contribution < 1.29 is 8.42 Å². The van der Waals surface area contributed by atoms with Gasteiger partial charge in [0.25, 0.3) is 10.2 Å². The van der Waals surface area contributed by atoms with Crippen LogP contribution in [0.1, 0.15) is 25.7 Å². The summed E-state index contributed by atoms with van der Waals surface area (Å²) in [5.41, 5.74) is 5.74. The molecular weight excluding hydrogens is 276 g/mol. The molecule has 2 saturated heterocycles. The van der Waals surface area contributed by atoms with Crippen molar-refractivity contribution in [2.24, 2.45) is 11.7 Å². The number of nitrogens with two attached hydrogens (primary N) is 1. The van der Waals surface area contributed by atoms with E-state index in [0.717, 1.165) is 38.8 Å². The van der Waals surface area contributed by atoms with E-state index in [0.29, 0.717) is 25.6 Å². The number of rotatable bonds is 5. The number of hydrogen-bond acceptors (Lipinski definition) is 4. The molecule has 0 aromatic carbocycles. The molecule has 0 spiro atoms. The first-order valence-corrected chi connectivity index (χ1v) is 8.96. The Morgan fingerprint density at radius 1 is 1.25 bits per heavy atom. The van der Waals surface area contributed by atoms with E-state index in [-0.39, 0.29) is 6.04 Å². The third kappa shape index (κ3) is 3.51. The largest absolute Gasteiger partial charge is 0.329 e. The SMILES string of the molecule is CN1CCC(CN(C)S(=O)(=O)N2CCCCC2CN)C1. The van der Waals surface area contributed by atoms with Crippen molar-refractivity contribution in [3.8, 4) is 0 Å². The summed E-state index contributed by atoms with van der Waals surface area (Å²) in [5, 5.41) is 0. The Hall–Kier alpha value is -0.210. The third-order valence-corrected chi connectivity index (χ3v) is 6.55. The molecule has 118 valence electrons. The van der Waals surface area contributed by atoms with Crippen LogP contribution in [0.25, 0.3) is 0 Å². The van der Waals surface area contributed by atoms with Gasteiger partial charge in [-0.15, -0.1) is 0 Å². The Balaban J connectivity index is 2.00. The average molecular weight is 304 g/mol. The van der Waals surface area contributed by atoms with Crippen molar-refractivity contribution in [1.29, 1.82) is 0 Å². The van der Waals surface area contributed by atoms with Crippen molar-refractivity contribution in [2.75, 3.05) is 46.8 Å². The van der Waals surface area contributed by atoms with E-state index in [1.54, 1.807) is 11.4 Å². The van der Waals surface area contributed by atoms with E-state index in [9.17, 15) is 8.42 Å². The molecule has 7 heteroatoms. The number of hydrogen-bond donors (Lipinski definition) is 1. The van der Waals surface area contributed by atoms with Crippen LogP contribution in [0.15, 0.2) is 0 Å². The molecule has 0 saturated carbocycles. The van der Waals surface area contributed by atoms with Crippen LogP contribution in [0.3, 0.4) is 0 Å². The molecule has 2 atom stereocenters. The molecule has 2 heterocycles. The maximum Gasteiger partial charge on any atom is 0.282 e. The van der Waals surface area contributed by atoms with Crippen LogP contribution in [-0.4, -0.2) is 74.8 Å². The number of likely N-dealkylation sites (tertiary alicyclic amines) is 1. The predicted octanol–water partition coefficient (Wildman–Crippen LogP) is -0.0721. The summed E-state index contributed by atoms with van der Waals surface area (Å²) in [5.74, 6) is 0.445. The van der Waals surface area contributed by atoms with Gasteiger partial charge in [-0.05, 0) is 38.8 Å². The first kappa shape index (κ1) is 16.2. The second kappa shape index (κ2) is 6.70. The van der Waals surface area contributed by atoms with E-state index in [2.05, 4.69) is 11.9 Å². The van der Waals surface area contributed by atoms with E-state index < -0.39 is 10.2 Å². The lowest BCUT2D eigenvalue weighted by Gasteiger charge is -2.37. The van der Waals surface area contributed by atoms with Crippen molar-refractivity contribution in [3.05, 3.63) is 0 Å². The third-order valence-electron chi connectivity index (χ3n) is 4.54. The van der Waals surface area contributed by atoms with Crippen LogP contribution in [0.5, 0.6) is 0 Å². The zero-order valence-electron chi connectivity index (χ0n) is 12.7. The first-order chi connectivity index (χ1) is 9.45. The molecule has 20 heavy (non-hydrogen) atoms. The summed E-state index contributed by atoms with van der Waals surface area (Å²) >= 11 is 0. The zero-order chi connectivity index (χ0) is 14.8. The van der Waals surface area contributed by atoms with Gasteiger partial charge < -0.3 is 10.6 Å². The molecule has 0 aromatic heterocycles. The van der Waals surface area contributed by atoms with E-state index in [1.807, 2.05) is 0 Å². The van der Waals surface area contributed by atoms with Gasteiger partial charge in [0.15, 0.2) is 0 Å². The van der Waals surface area contributed by atoms with E-state index >= 15 is 0 Å². The van der Waals surface area contributed by atoms with Gasteiger partial charge in [-0.25, -0.2) is 0 Å². The minimum atomic E-state index is -3.36. The van der Waals surface area contributed by atoms with Crippen LogP contribution in [0.4, 0.5) is 0 Å². The summed E-state index contributed by atoms with van der Waals surface area (Å²) in [6, 6.07) is -0.0255. The van der Waals surface area contributed by atoms with Gasteiger partial charge >= 0.3 is 0 Å². The molecule has 0 amide bonds. The second-order valence-electron chi connectivity index (χ2n) is 6.20. The predicted molar refractivity (Wildman–Crippen MR) is 80.6 cm³/mol.